The molecule has 0 saturated heterocycles. The minimum Gasteiger partial charge on any atom is -0.399 e. The van der Waals surface area contributed by atoms with Crippen LogP contribution in [0.3, 0.4) is 0 Å². The molecule has 96 valence electrons. The van der Waals surface area contributed by atoms with Gasteiger partial charge >= 0.3 is 0 Å². The maximum absolute atomic E-state index is 11.4. The van der Waals surface area contributed by atoms with Gasteiger partial charge in [0.15, 0.2) is 9.84 Å². The van der Waals surface area contributed by atoms with Crippen molar-refractivity contribution < 1.29 is 8.42 Å². The molecule has 0 fully saturated rings. The Hall–Kier alpha value is -1.07. The monoisotopic (exact) mass is 256 g/mol. The Morgan fingerprint density at radius 2 is 2.06 bits per heavy atom. The third-order valence-electron chi connectivity index (χ3n) is 2.63. The molecule has 0 aromatic heterocycles. The molecule has 2 N–H and O–H groups in total. The first-order chi connectivity index (χ1) is 7.93. The van der Waals surface area contributed by atoms with Crippen molar-refractivity contribution in [2.24, 2.45) is 0 Å². The minimum atomic E-state index is -2.88. The Labute approximate surface area is 103 Å². The molecule has 0 bridgehead atoms. The summed E-state index contributed by atoms with van der Waals surface area (Å²) in [5.41, 5.74) is 7.52. The number of hydrogen-bond acceptors (Lipinski definition) is 4. The fourth-order valence-electron chi connectivity index (χ4n) is 1.52. The van der Waals surface area contributed by atoms with Crippen LogP contribution in [0.15, 0.2) is 24.3 Å². The zero-order valence-corrected chi connectivity index (χ0v) is 11.2. The third kappa shape index (κ3) is 5.19. The van der Waals surface area contributed by atoms with E-state index < -0.39 is 9.84 Å². The molecule has 1 aromatic rings. The van der Waals surface area contributed by atoms with Gasteiger partial charge in [-0.25, -0.2) is 8.42 Å². The molecule has 4 nitrogen and oxygen atoms in total. The Kier molecular flexibility index (Phi) is 4.96. The van der Waals surface area contributed by atoms with Crippen molar-refractivity contribution in [2.75, 3.05) is 30.8 Å². The molecule has 0 radical (unpaired) electrons. The first kappa shape index (κ1) is 14.0. The third-order valence-corrected chi connectivity index (χ3v) is 4.31. The summed E-state index contributed by atoms with van der Waals surface area (Å²) >= 11 is 0. The van der Waals surface area contributed by atoms with E-state index in [1.54, 1.807) is 6.92 Å². The summed E-state index contributed by atoms with van der Waals surface area (Å²) < 4.78 is 22.7. The molecule has 0 atom stereocenters. The maximum atomic E-state index is 11.4. The fourth-order valence-corrected chi connectivity index (χ4v) is 2.40. The van der Waals surface area contributed by atoms with Crippen LogP contribution >= 0.6 is 0 Å². The number of nitrogens with zero attached hydrogens (tertiary/aromatic N) is 1. The molecule has 5 heteroatoms. The highest BCUT2D eigenvalue weighted by Gasteiger charge is 2.09. The Balaban J connectivity index is 2.48. The molecule has 17 heavy (non-hydrogen) atoms. The van der Waals surface area contributed by atoms with Crippen LogP contribution in [0.25, 0.3) is 0 Å². The van der Waals surface area contributed by atoms with Gasteiger partial charge < -0.3 is 10.6 Å². The molecular weight excluding hydrogens is 236 g/mol. The van der Waals surface area contributed by atoms with E-state index >= 15 is 0 Å². The predicted octanol–water partition coefficient (Wildman–Crippen LogP) is 1.14. The molecule has 0 aliphatic carbocycles. The van der Waals surface area contributed by atoms with Crippen molar-refractivity contribution in [3.63, 3.8) is 0 Å². The fraction of sp³-hybridized carbons (Fsp3) is 0.500. The van der Waals surface area contributed by atoms with Gasteiger partial charge in [-0.15, -0.1) is 0 Å². The quantitative estimate of drug-likeness (QED) is 0.775. The lowest BCUT2D eigenvalue weighted by atomic mass is 10.2. The first-order valence-corrected chi connectivity index (χ1v) is 7.48. The molecule has 1 rings (SSSR count). The van der Waals surface area contributed by atoms with Gasteiger partial charge in [-0.3, -0.25) is 0 Å². The summed E-state index contributed by atoms with van der Waals surface area (Å²) in [6.07, 6.45) is 0. The molecule has 0 heterocycles. The smallest absolute Gasteiger partial charge is 0.151 e. The predicted molar refractivity (Wildman–Crippen MR) is 71.5 cm³/mol. The van der Waals surface area contributed by atoms with Crippen molar-refractivity contribution in [3.8, 4) is 0 Å². The lowest BCUT2D eigenvalue weighted by Gasteiger charge is -2.16. The molecule has 1 aromatic carbocycles. The van der Waals surface area contributed by atoms with E-state index in [2.05, 4.69) is 0 Å². The highest BCUT2D eigenvalue weighted by Crippen LogP contribution is 2.08. The lowest BCUT2D eigenvalue weighted by Crippen LogP contribution is -2.26. The average molecular weight is 256 g/mol. The van der Waals surface area contributed by atoms with E-state index in [9.17, 15) is 8.42 Å². The van der Waals surface area contributed by atoms with E-state index in [0.717, 1.165) is 11.3 Å². The molecule has 0 spiro atoms. The number of anilines is 1. The highest BCUT2D eigenvalue weighted by atomic mass is 32.2. The first-order valence-electron chi connectivity index (χ1n) is 5.66. The minimum absolute atomic E-state index is 0.207. The second kappa shape index (κ2) is 6.02. The molecule has 0 aliphatic heterocycles. The van der Waals surface area contributed by atoms with Gasteiger partial charge in [-0.05, 0) is 24.7 Å². The summed E-state index contributed by atoms with van der Waals surface area (Å²) in [6.45, 7) is 2.93. The van der Waals surface area contributed by atoms with Gasteiger partial charge in [-0.1, -0.05) is 19.1 Å². The topological polar surface area (TPSA) is 63.4 Å². The van der Waals surface area contributed by atoms with Crippen molar-refractivity contribution in [2.45, 2.75) is 13.5 Å². The molecular formula is C12H20N2O2S. The molecule has 0 amide bonds. The summed E-state index contributed by atoms with van der Waals surface area (Å²) in [6, 6.07) is 7.64. The van der Waals surface area contributed by atoms with Gasteiger partial charge in [0.25, 0.3) is 0 Å². The number of sulfone groups is 1. The second-order valence-electron chi connectivity index (χ2n) is 4.22. The number of nitrogen functional groups attached to an aromatic ring is 1. The number of nitrogens with two attached hydrogens (primary N) is 1. The van der Waals surface area contributed by atoms with Crippen LogP contribution in [0, 0.1) is 0 Å². The standard InChI is InChI=1S/C12H20N2O2S/c1-3-17(15,16)8-7-14(2)10-11-5-4-6-12(13)9-11/h4-6,9H,3,7-8,10,13H2,1-2H3. The van der Waals surface area contributed by atoms with E-state index in [4.69, 9.17) is 5.73 Å². The Morgan fingerprint density at radius 1 is 1.35 bits per heavy atom. The maximum Gasteiger partial charge on any atom is 0.151 e. The summed E-state index contributed by atoms with van der Waals surface area (Å²) in [5.74, 6) is 0.418. The zero-order chi connectivity index (χ0) is 12.9. The molecule has 0 saturated carbocycles. The van der Waals surface area contributed by atoms with Gasteiger partial charge in [0, 0.05) is 24.5 Å². The van der Waals surface area contributed by atoms with Gasteiger partial charge in [0.05, 0.1) is 5.75 Å². The van der Waals surface area contributed by atoms with Gasteiger partial charge in [-0.2, -0.15) is 0 Å². The lowest BCUT2D eigenvalue weighted by molar-refractivity contribution is 0.346. The largest absolute Gasteiger partial charge is 0.399 e. The van der Waals surface area contributed by atoms with Gasteiger partial charge in [0.2, 0.25) is 0 Å². The second-order valence-corrected chi connectivity index (χ2v) is 6.69. The normalized spacial score (nSPS) is 11.9. The summed E-state index contributed by atoms with van der Waals surface area (Å²) in [5, 5.41) is 0. The van der Waals surface area contributed by atoms with E-state index in [1.807, 2.05) is 36.2 Å². The van der Waals surface area contributed by atoms with Crippen LogP contribution in [0.2, 0.25) is 0 Å². The Bertz CT molecular complexity index is 457. The number of benzene rings is 1. The zero-order valence-electron chi connectivity index (χ0n) is 10.4. The average Bonchev–Trinajstić information content (AvgIpc) is 2.27. The number of rotatable bonds is 6. The van der Waals surface area contributed by atoms with Gasteiger partial charge in [0.1, 0.15) is 0 Å². The van der Waals surface area contributed by atoms with Crippen LogP contribution in [0.1, 0.15) is 12.5 Å². The Morgan fingerprint density at radius 3 is 2.65 bits per heavy atom. The molecule has 0 aliphatic rings. The van der Waals surface area contributed by atoms with Crippen LogP contribution < -0.4 is 5.73 Å². The van der Waals surface area contributed by atoms with E-state index in [-0.39, 0.29) is 11.5 Å². The summed E-state index contributed by atoms with van der Waals surface area (Å²) in [4.78, 5) is 1.99. The van der Waals surface area contributed by atoms with Crippen molar-refractivity contribution in [3.05, 3.63) is 29.8 Å². The van der Waals surface area contributed by atoms with Crippen LogP contribution in [-0.4, -0.2) is 38.4 Å². The van der Waals surface area contributed by atoms with Crippen molar-refractivity contribution >= 4 is 15.5 Å². The molecule has 0 unspecified atom stereocenters. The van der Waals surface area contributed by atoms with Crippen LogP contribution in [0.4, 0.5) is 5.69 Å². The highest BCUT2D eigenvalue weighted by molar-refractivity contribution is 7.91. The summed E-state index contributed by atoms with van der Waals surface area (Å²) in [7, 11) is -0.970. The van der Waals surface area contributed by atoms with E-state index in [0.29, 0.717) is 13.1 Å². The SMILES string of the molecule is CCS(=O)(=O)CCN(C)Cc1cccc(N)c1. The number of hydrogen-bond donors (Lipinski definition) is 1. The van der Waals surface area contributed by atoms with Crippen molar-refractivity contribution in [1.82, 2.24) is 4.90 Å². The van der Waals surface area contributed by atoms with Crippen LogP contribution in [0.5, 0.6) is 0 Å². The van der Waals surface area contributed by atoms with Crippen LogP contribution in [-0.2, 0) is 16.4 Å². The van der Waals surface area contributed by atoms with E-state index in [1.165, 1.54) is 0 Å². The van der Waals surface area contributed by atoms with Crippen molar-refractivity contribution in [1.29, 1.82) is 0 Å².